The van der Waals surface area contributed by atoms with Crippen LogP contribution in [0.15, 0.2) is 12.2 Å². The number of rotatable bonds is 2. The predicted octanol–water partition coefficient (Wildman–Crippen LogP) is 0.308. The molecule has 0 aromatic carbocycles. The van der Waals surface area contributed by atoms with Crippen LogP contribution in [-0.2, 0) is 14.3 Å². The van der Waals surface area contributed by atoms with E-state index in [1.165, 1.54) is 12.2 Å². The molecule has 0 aliphatic carbocycles. The molecule has 0 rings (SSSR count). The van der Waals surface area contributed by atoms with Gasteiger partial charge < -0.3 is 4.74 Å². The molecule has 58 valence electrons. The summed E-state index contributed by atoms with van der Waals surface area (Å²) in [7, 11) is 0. The van der Waals surface area contributed by atoms with Gasteiger partial charge in [-0.25, -0.2) is 4.79 Å². The van der Waals surface area contributed by atoms with Gasteiger partial charge in [-0.2, -0.15) is 0 Å². The number of hydrogen-bond donors (Lipinski definition) is 0. The second-order valence-corrected chi connectivity index (χ2v) is 1.49. The second kappa shape index (κ2) is 6.56. The zero-order valence-corrected chi connectivity index (χ0v) is 6.16. The van der Waals surface area contributed by atoms with Crippen LogP contribution in [0.2, 0.25) is 0 Å². The number of carbonyl (C=O) groups is 2. The lowest BCUT2D eigenvalue weighted by Gasteiger charge is -1.89. The quantitative estimate of drug-likeness (QED) is 0.188. The van der Waals surface area contributed by atoms with Crippen molar-refractivity contribution < 1.29 is 14.3 Å². The Balaban J connectivity index is 3.77. The summed E-state index contributed by atoms with van der Waals surface area (Å²) in [5, 5.41) is 0. The maximum atomic E-state index is 10.5. The van der Waals surface area contributed by atoms with Crippen molar-refractivity contribution in [2.75, 3.05) is 6.61 Å². The third-order valence-corrected chi connectivity index (χ3v) is 0.708. The number of aldehydes is 1. The van der Waals surface area contributed by atoms with Gasteiger partial charge in [0.15, 0.2) is 0 Å². The highest BCUT2D eigenvalue weighted by Crippen LogP contribution is 1.73. The number of ether oxygens (including phenoxy) is 1. The van der Waals surface area contributed by atoms with E-state index in [4.69, 9.17) is 0 Å². The first-order valence-corrected chi connectivity index (χ1v) is 3.10. The topological polar surface area (TPSA) is 43.4 Å². The lowest BCUT2D eigenvalue weighted by atomic mass is 10.5. The van der Waals surface area contributed by atoms with Gasteiger partial charge in [-0.05, 0) is 19.1 Å². The fraction of sp³-hybridized carbons (Fsp3) is 0.250. The average molecular weight is 152 g/mol. The monoisotopic (exact) mass is 152 g/mol. The Labute approximate surface area is 65.0 Å². The molecule has 0 atom stereocenters. The van der Waals surface area contributed by atoms with Crippen LogP contribution in [0.25, 0.3) is 0 Å². The minimum absolute atomic E-state index is 0.310. The fourth-order valence-corrected chi connectivity index (χ4v) is 0.355. The minimum atomic E-state index is -0.581. The number of esters is 1. The summed E-state index contributed by atoms with van der Waals surface area (Å²) < 4.78 is 4.49. The van der Waals surface area contributed by atoms with Crippen LogP contribution in [-0.4, -0.2) is 18.9 Å². The Morgan fingerprint density at radius 2 is 2.36 bits per heavy atom. The van der Waals surface area contributed by atoms with Crippen molar-refractivity contribution in [3.63, 3.8) is 0 Å². The molecule has 0 aliphatic heterocycles. The van der Waals surface area contributed by atoms with Crippen LogP contribution in [0.1, 0.15) is 6.92 Å². The zero-order chi connectivity index (χ0) is 8.53. The van der Waals surface area contributed by atoms with Gasteiger partial charge in [0.05, 0.1) is 6.61 Å². The van der Waals surface area contributed by atoms with Crippen LogP contribution in [0.3, 0.4) is 0 Å². The summed E-state index contributed by atoms with van der Waals surface area (Å²) in [5.41, 5.74) is 0. The van der Waals surface area contributed by atoms with E-state index in [1.807, 2.05) is 0 Å². The Kier molecular flexibility index (Phi) is 5.63. The summed E-state index contributed by atoms with van der Waals surface area (Å²) in [6.07, 6.45) is 3.07. The van der Waals surface area contributed by atoms with Gasteiger partial charge in [0.25, 0.3) is 0 Å². The Bertz CT molecular complexity index is 217. The van der Waals surface area contributed by atoms with E-state index in [2.05, 4.69) is 16.6 Å². The molecular weight excluding hydrogens is 144 g/mol. The number of allylic oxidation sites excluding steroid dienone is 2. The predicted molar refractivity (Wildman–Crippen MR) is 39.6 cm³/mol. The molecule has 0 saturated carbocycles. The zero-order valence-electron chi connectivity index (χ0n) is 6.16. The summed E-state index contributed by atoms with van der Waals surface area (Å²) in [6.45, 7) is 2.01. The van der Waals surface area contributed by atoms with Crippen LogP contribution in [0.4, 0.5) is 0 Å². The molecule has 0 bridgehead atoms. The standard InChI is InChI=1S/C8H8O3/c1-2-11-8(10)6-4-3-5-7-9/h3,5,7H,2H2,1H3/b5-3-. The molecule has 0 aromatic rings. The average Bonchev–Trinajstić information content (AvgIpc) is 1.99. The first kappa shape index (κ1) is 9.44. The molecule has 3 heteroatoms. The normalized spacial score (nSPS) is 8.45. The van der Waals surface area contributed by atoms with E-state index in [-0.39, 0.29) is 0 Å². The Morgan fingerprint density at radius 1 is 1.64 bits per heavy atom. The lowest BCUT2D eigenvalue weighted by Crippen LogP contribution is -1.98. The molecule has 0 fully saturated rings. The molecule has 0 amide bonds. The van der Waals surface area contributed by atoms with Gasteiger partial charge in [0.1, 0.15) is 6.29 Å². The largest absolute Gasteiger partial charge is 0.456 e. The van der Waals surface area contributed by atoms with Crippen LogP contribution in [0, 0.1) is 11.8 Å². The van der Waals surface area contributed by atoms with E-state index in [0.717, 1.165) is 0 Å². The Hall–Kier alpha value is -1.56. The van der Waals surface area contributed by atoms with Crippen LogP contribution >= 0.6 is 0 Å². The smallest absolute Gasteiger partial charge is 0.384 e. The van der Waals surface area contributed by atoms with Crippen molar-refractivity contribution in [3.8, 4) is 11.8 Å². The number of hydrogen-bond acceptors (Lipinski definition) is 3. The first-order valence-electron chi connectivity index (χ1n) is 3.10. The molecule has 0 radical (unpaired) electrons. The van der Waals surface area contributed by atoms with Crippen LogP contribution < -0.4 is 0 Å². The molecule has 0 heterocycles. The lowest BCUT2D eigenvalue weighted by molar-refractivity contribution is -0.136. The summed E-state index contributed by atoms with van der Waals surface area (Å²) in [5.74, 6) is 3.92. The highest BCUT2D eigenvalue weighted by Gasteiger charge is 1.89. The maximum absolute atomic E-state index is 10.5. The van der Waals surface area contributed by atoms with Gasteiger partial charge in [-0.1, -0.05) is 5.92 Å². The van der Waals surface area contributed by atoms with Crippen LogP contribution in [0.5, 0.6) is 0 Å². The van der Waals surface area contributed by atoms with Gasteiger partial charge in [0.2, 0.25) is 0 Å². The molecule has 3 nitrogen and oxygen atoms in total. The van der Waals surface area contributed by atoms with Gasteiger partial charge in [-0.15, -0.1) is 0 Å². The summed E-state index contributed by atoms with van der Waals surface area (Å²) >= 11 is 0. The molecule has 0 aliphatic rings. The highest BCUT2D eigenvalue weighted by atomic mass is 16.5. The van der Waals surface area contributed by atoms with Crippen molar-refractivity contribution in [1.29, 1.82) is 0 Å². The van der Waals surface area contributed by atoms with E-state index >= 15 is 0 Å². The molecule has 0 N–H and O–H groups in total. The molecular formula is C8H8O3. The van der Waals surface area contributed by atoms with Crippen molar-refractivity contribution in [2.24, 2.45) is 0 Å². The molecule has 0 aromatic heterocycles. The van der Waals surface area contributed by atoms with E-state index in [0.29, 0.717) is 12.9 Å². The second-order valence-electron chi connectivity index (χ2n) is 1.49. The third-order valence-electron chi connectivity index (χ3n) is 0.708. The molecule has 11 heavy (non-hydrogen) atoms. The molecule has 0 unspecified atom stereocenters. The van der Waals surface area contributed by atoms with Crippen molar-refractivity contribution >= 4 is 12.3 Å². The Morgan fingerprint density at radius 3 is 2.91 bits per heavy atom. The van der Waals surface area contributed by atoms with Gasteiger partial charge in [0, 0.05) is 5.92 Å². The highest BCUT2D eigenvalue weighted by molar-refractivity contribution is 5.88. The summed E-state index contributed by atoms with van der Waals surface area (Å²) in [4.78, 5) is 20.2. The SMILES string of the molecule is CCOC(=O)C#C/C=C\C=O. The first-order chi connectivity index (χ1) is 5.31. The minimum Gasteiger partial charge on any atom is -0.456 e. The van der Waals surface area contributed by atoms with E-state index in [9.17, 15) is 9.59 Å². The number of carbonyl (C=O) groups excluding carboxylic acids is 2. The van der Waals surface area contributed by atoms with Crippen molar-refractivity contribution in [1.82, 2.24) is 0 Å². The molecule has 0 saturated heterocycles. The van der Waals surface area contributed by atoms with Gasteiger partial charge in [-0.3, -0.25) is 4.79 Å². The molecule has 0 spiro atoms. The van der Waals surface area contributed by atoms with Crippen molar-refractivity contribution in [2.45, 2.75) is 6.92 Å². The maximum Gasteiger partial charge on any atom is 0.384 e. The van der Waals surface area contributed by atoms with E-state index < -0.39 is 5.97 Å². The van der Waals surface area contributed by atoms with E-state index in [1.54, 1.807) is 6.92 Å². The van der Waals surface area contributed by atoms with Gasteiger partial charge >= 0.3 is 5.97 Å². The third kappa shape index (κ3) is 6.32. The fourth-order valence-electron chi connectivity index (χ4n) is 0.355. The van der Waals surface area contributed by atoms with Crippen molar-refractivity contribution in [3.05, 3.63) is 12.2 Å². The summed E-state index contributed by atoms with van der Waals surface area (Å²) in [6, 6.07) is 0.